The molecule has 3 rings (SSSR count). The molecular formula is C25H20BrClF2O5. The fourth-order valence-corrected chi connectivity index (χ4v) is 3.77. The van der Waals surface area contributed by atoms with Crippen molar-refractivity contribution in [3.05, 3.63) is 86.9 Å². The second kappa shape index (κ2) is 11.9. The first-order chi connectivity index (χ1) is 16.3. The molecule has 0 atom stereocenters. The average molecular weight is 554 g/mol. The standard InChI is InChI=1S/C25H20BrClF2O5/c1-31-21-8-4-15(11-17(21)14-33-22-10-6-18(26)13-19(22)27)3-7-20(30)16-5-9-23(34-25(28)29)24(12-16)32-2/h3-13,25H,14H2,1-2H3/b7-3+. The van der Waals surface area contributed by atoms with Gasteiger partial charge in [0, 0.05) is 15.6 Å². The van der Waals surface area contributed by atoms with Gasteiger partial charge in [-0.3, -0.25) is 4.79 Å². The van der Waals surface area contributed by atoms with E-state index in [0.717, 1.165) is 15.6 Å². The summed E-state index contributed by atoms with van der Waals surface area (Å²) in [5, 5.41) is 0.468. The van der Waals surface area contributed by atoms with Crippen molar-refractivity contribution < 1.29 is 32.5 Å². The number of rotatable bonds is 10. The lowest BCUT2D eigenvalue weighted by Gasteiger charge is -2.12. The Bertz CT molecular complexity index is 1200. The minimum atomic E-state index is -3.00. The molecule has 0 heterocycles. The maximum absolute atomic E-state index is 12.6. The van der Waals surface area contributed by atoms with Crippen molar-refractivity contribution in [1.82, 2.24) is 0 Å². The van der Waals surface area contributed by atoms with Gasteiger partial charge in [0.25, 0.3) is 0 Å². The summed E-state index contributed by atoms with van der Waals surface area (Å²) in [5.41, 5.74) is 1.75. The van der Waals surface area contributed by atoms with Gasteiger partial charge in [-0.25, -0.2) is 0 Å². The van der Waals surface area contributed by atoms with Crippen molar-refractivity contribution in [2.45, 2.75) is 13.2 Å². The molecule has 0 N–H and O–H groups in total. The van der Waals surface area contributed by atoms with Gasteiger partial charge in [0.15, 0.2) is 17.3 Å². The number of hydrogen-bond acceptors (Lipinski definition) is 5. The zero-order valence-corrected chi connectivity index (χ0v) is 20.5. The number of carbonyl (C=O) groups excluding carboxylic acids is 1. The van der Waals surface area contributed by atoms with Crippen LogP contribution in [-0.2, 0) is 6.61 Å². The Morgan fingerprint density at radius 1 is 0.971 bits per heavy atom. The van der Waals surface area contributed by atoms with E-state index in [0.29, 0.717) is 16.5 Å². The molecule has 0 aliphatic heterocycles. The third-order valence-electron chi connectivity index (χ3n) is 4.67. The van der Waals surface area contributed by atoms with Gasteiger partial charge in [0.2, 0.25) is 0 Å². The quantitative estimate of drug-likeness (QED) is 0.196. The second-order valence-electron chi connectivity index (χ2n) is 6.88. The third kappa shape index (κ3) is 6.71. The van der Waals surface area contributed by atoms with Crippen LogP contribution in [-0.4, -0.2) is 26.6 Å². The van der Waals surface area contributed by atoms with Crippen LogP contribution in [0.25, 0.3) is 6.08 Å². The molecule has 3 aromatic carbocycles. The van der Waals surface area contributed by atoms with Crippen molar-refractivity contribution in [3.8, 4) is 23.0 Å². The summed E-state index contributed by atoms with van der Waals surface area (Å²) in [6.07, 6.45) is 3.01. The van der Waals surface area contributed by atoms with Gasteiger partial charge in [-0.1, -0.05) is 39.7 Å². The van der Waals surface area contributed by atoms with Crippen molar-refractivity contribution in [3.63, 3.8) is 0 Å². The Morgan fingerprint density at radius 3 is 2.35 bits per heavy atom. The van der Waals surface area contributed by atoms with Crippen LogP contribution >= 0.6 is 27.5 Å². The Labute approximate surface area is 209 Å². The molecule has 34 heavy (non-hydrogen) atoms. The third-order valence-corrected chi connectivity index (χ3v) is 5.46. The van der Waals surface area contributed by atoms with Gasteiger partial charge in [-0.2, -0.15) is 8.78 Å². The molecule has 0 radical (unpaired) electrons. The predicted octanol–water partition coefficient (Wildman–Crippen LogP) is 7.20. The largest absolute Gasteiger partial charge is 0.496 e. The summed E-state index contributed by atoms with van der Waals surface area (Å²) >= 11 is 9.56. The first kappa shape index (κ1) is 25.5. The molecule has 0 bridgehead atoms. The van der Waals surface area contributed by atoms with Gasteiger partial charge in [0.1, 0.15) is 18.1 Å². The lowest BCUT2D eigenvalue weighted by Crippen LogP contribution is -2.04. The van der Waals surface area contributed by atoms with Gasteiger partial charge in [-0.15, -0.1) is 0 Å². The van der Waals surface area contributed by atoms with Gasteiger partial charge >= 0.3 is 6.61 Å². The van der Waals surface area contributed by atoms with Crippen LogP contribution in [0.1, 0.15) is 21.5 Å². The minimum Gasteiger partial charge on any atom is -0.496 e. The zero-order chi connectivity index (χ0) is 24.7. The minimum absolute atomic E-state index is 0.0371. The fraction of sp³-hybridized carbons (Fsp3) is 0.160. The van der Waals surface area contributed by atoms with Crippen molar-refractivity contribution in [2.75, 3.05) is 14.2 Å². The number of carbonyl (C=O) groups is 1. The highest BCUT2D eigenvalue weighted by atomic mass is 79.9. The molecule has 3 aromatic rings. The molecule has 5 nitrogen and oxygen atoms in total. The molecule has 0 saturated heterocycles. The van der Waals surface area contributed by atoms with Gasteiger partial charge in [0.05, 0.1) is 19.2 Å². The Kier molecular flexibility index (Phi) is 8.90. The normalized spacial score (nSPS) is 11.0. The fourth-order valence-electron chi connectivity index (χ4n) is 3.05. The number of halogens is 4. The van der Waals surface area contributed by atoms with E-state index in [9.17, 15) is 13.6 Å². The molecule has 0 aliphatic carbocycles. The number of allylic oxidation sites excluding steroid dienone is 1. The summed E-state index contributed by atoms with van der Waals surface area (Å²) in [7, 11) is 2.86. The number of hydrogen-bond donors (Lipinski definition) is 0. The van der Waals surface area contributed by atoms with E-state index in [4.69, 9.17) is 25.8 Å². The first-order valence-corrected chi connectivity index (χ1v) is 11.1. The molecule has 9 heteroatoms. The van der Waals surface area contributed by atoms with Crippen molar-refractivity contribution in [2.24, 2.45) is 0 Å². The number of ketones is 1. The predicted molar refractivity (Wildman–Crippen MR) is 129 cm³/mol. The number of methoxy groups -OCH3 is 2. The van der Waals surface area contributed by atoms with Crippen molar-refractivity contribution >= 4 is 39.4 Å². The highest BCUT2D eigenvalue weighted by molar-refractivity contribution is 9.10. The van der Waals surface area contributed by atoms with Crippen LogP contribution in [0.4, 0.5) is 8.78 Å². The van der Waals surface area contributed by atoms with Crippen LogP contribution in [0.5, 0.6) is 23.0 Å². The van der Waals surface area contributed by atoms with Crippen LogP contribution < -0.4 is 18.9 Å². The van der Waals surface area contributed by atoms with Gasteiger partial charge < -0.3 is 18.9 Å². The van der Waals surface area contributed by atoms with E-state index in [-0.39, 0.29) is 29.5 Å². The van der Waals surface area contributed by atoms with Crippen LogP contribution in [0.3, 0.4) is 0 Å². The average Bonchev–Trinajstić information content (AvgIpc) is 2.82. The van der Waals surface area contributed by atoms with Crippen LogP contribution in [0, 0.1) is 0 Å². The maximum Gasteiger partial charge on any atom is 0.387 e. The summed E-state index contributed by atoms with van der Waals surface area (Å²) in [6, 6.07) is 14.7. The summed E-state index contributed by atoms with van der Waals surface area (Å²) in [4.78, 5) is 12.6. The van der Waals surface area contributed by atoms with E-state index in [1.807, 2.05) is 12.1 Å². The Hall–Kier alpha value is -3.10. The topological polar surface area (TPSA) is 54.0 Å². The van der Waals surface area contributed by atoms with E-state index in [1.165, 1.54) is 31.4 Å². The molecule has 0 aliphatic rings. The highest BCUT2D eigenvalue weighted by Gasteiger charge is 2.13. The number of ether oxygens (including phenoxy) is 4. The number of alkyl halides is 2. The summed E-state index contributed by atoms with van der Waals surface area (Å²) < 4.78 is 46.5. The molecule has 0 unspecified atom stereocenters. The lowest BCUT2D eigenvalue weighted by atomic mass is 10.1. The van der Waals surface area contributed by atoms with Crippen LogP contribution in [0.15, 0.2) is 65.1 Å². The summed E-state index contributed by atoms with van der Waals surface area (Å²) in [6.45, 7) is -2.80. The highest BCUT2D eigenvalue weighted by Crippen LogP contribution is 2.31. The van der Waals surface area contributed by atoms with E-state index in [2.05, 4.69) is 20.7 Å². The Balaban J connectivity index is 1.76. The Morgan fingerprint density at radius 2 is 1.68 bits per heavy atom. The molecular weight excluding hydrogens is 534 g/mol. The molecule has 178 valence electrons. The molecule has 0 spiro atoms. The molecule has 0 amide bonds. The lowest BCUT2D eigenvalue weighted by molar-refractivity contribution is -0.0512. The van der Waals surface area contributed by atoms with E-state index >= 15 is 0 Å². The zero-order valence-electron chi connectivity index (χ0n) is 18.2. The first-order valence-electron chi connectivity index (χ1n) is 9.90. The monoisotopic (exact) mass is 552 g/mol. The molecule has 0 saturated carbocycles. The van der Waals surface area contributed by atoms with Gasteiger partial charge in [-0.05, 0) is 60.2 Å². The van der Waals surface area contributed by atoms with Crippen LogP contribution in [0.2, 0.25) is 5.02 Å². The molecule has 0 fully saturated rings. The van der Waals surface area contributed by atoms with Crippen molar-refractivity contribution in [1.29, 1.82) is 0 Å². The summed E-state index contributed by atoms with van der Waals surface area (Å²) in [5.74, 6) is 0.697. The second-order valence-corrected chi connectivity index (χ2v) is 8.20. The number of benzene rings is 3. The SMILES string of the molecule is COc1ccc(/C=C/C(=O)c2ccc(OC(F)F)c(OC)c2)cc1COc1ccc(Br)cc1Cl. The maximum atomic E-state index is 12.6. The molecule has 0 aromatic heterocycles. The van der Waals surface area contributed by atoms with E-state index in [1.54, 1.807) is 37.5 Å². The van der Waals surface area contributed by atoms with E-state index < -0.39 is 6.61 Å². The smallest absolute Gasteiger partial charge is 0.387 e.